The van der Waals surface area contributed by atoms with E-state index in [1.54, 1.807) is 0 Å². The van der Waals surface area contributed by atoms with Crippen LogP contribution >= 0.6 is 0 Å². The molecule has 2 rings (SSSR count). The molecule has 3 atom stereocenters. The van der Waals surface area contributed by atoms with Crippen LogP contribution in [-0.2, 0) is 22.6 Å². The van der Waals surface area contributed by atoms with E-state index in [1.807, 2.05) is 32.9 Å². The molecule has 1 heterocycles. The van der Waals surface area contributed by atoms with Crippen molar-refractivity contribution in [2.24, 2.45) is 5.92 Å². The van der Waals surface area contributed by atoms with Crippen molar-refractivity contribution < 1.29 is 9.59 Å². The van der Waals surface area contributed by atoms with Gasteiger partial charge in [-0.1, -0.05) is 51.5 Å². The number of fused-ring (bicyclic) bond motifs is 1. The van der Waals surface area contributed by atoms with Crippen molar-refractivity contribution in [3.63, 3.8) is 0 Å². The Morgan fingerprint density at radius 3 is 2.62 bits per heavy atom. The van der Waals surface area contributed by atoms with E-state index in [0.29, 0.717) is 19.5 Å². The molecule has 0 aliphatic carbocycles. The highest BCUT2D eigenvalue weighted by Crippen LogP contribution is 2.17. The Balaban J connectivity index is 2.01. The summed E-state index contributed by atoms with van der Waals surface area (Å²) in [5.41, 5.74) is 2.44. The van der Waals surface area contributed by atoms with Crippen LogP contribution in [0.3, 0.4) is 0 Å². The molecule has 1 aromatic carbocycles. The first-order valence-corrected chi connectivity index (χ1v) is 8.95. The molecular weight excluding hydrogens is 302 g/mol. The minimum Gasteiger partial charge on any atom is -0.354 e. The van der Waals surface area contributed by atoms with Crippen LogP contribution < -0.4 is 16.0 Å². The maximum Gasteiger partial charge on any atom is 0.242 e. The van der Waals surface area contributed by atoms with E-state index in [0.717, 1.165) is 12.8 Å². The van der Waals surface area contributed by atoms with Gasteiger partial charge in [-0.15, -0.1) is 0 Å². The number of hydrogen-bond donors (Lipinski definition) is 3. The van der Waals surface area contributed by atoms with Crippen molar-refractivity contribution in [1.29, 1.82) is 0 Å². The minimum atomic E-state index is -0.479. The lowest BCUT2D eigenvalue weighted by atomic mass is 9.94. The minimum absolute atomic E-state index is 0.0873. The summed E-state index contributed by atoms with van der Waals surface area (Å²) in [6, 6.07) is 7.39. The largest absolute Gasteiger partial charge is 0.354 e. The molecule has 1 aliphatic rings. The zero-order chi connectivity index (χ0) is 17.5. The third-order valence-electron chi connectivity index (χ3n) is 4.74. The second-order valence-electron chi connectivity index (χ2n) is 6.57. The van der Waals surface area contributed by atoms with Crippen LogP contribution in [0.1, 0.15) is 44.7 Å². The molecule has 24 heavy (non-hydrogen) atoms. The van der Waals surface area contributed by atoms with Crippen LogP contribution in [0.5, 0.6) is 0 Å². The first-order chi connectivity index (χ1) is 11.6. The van der Waals surface area contributed by atoms with Gasteiger partial charge in [0.2, 0.25) is 11.8 Å². The molecule has 5 heteroatoms. The normalized spacial score (nSPS) is 19.0. The predicted molar refractivity (Wildman–Crippen MR) is 95.5 cm³/mol. The van der Waals surface area contributed by atoms with Crippen LogP contribution in [0.25, 0.3) is 0 Å². The van der Waals surface area contributed by atoms with E-state index in [-0.39, 0.29) is 23.8 Å². The van der Waals surface area contributed by atoms with Crippen molar-refractivity contribution in [3.8, 4) is 0 Å². The zero-order valence-electron chi connectivity index (χ0n) is 14.9. The quantitative estimate of drug-likeness (QED) is 0.713. The lowest BCUT2D eigenvalue weighted by molar-refractivity contribution is -0.131. The molecular formula is C19H29N3O2. The number of carbonyl (C=O) groups is 2. The maximum atomic E-state index is 12.7. The van der Waals surface area contributed by atoms with E-state index in [9.17, 15) is 9.59 Å². The van der Waals surface area contributed by atoms with E-state index in [2.05, 4.69) is 28.1 Å². The molecule has 0 fully saturated rings. The Bertz CT molecular complexity index is 573. The summed E-state index contributed by atoms with van der Waals surface area (Å²) in [5.74, 6) is -0.0844. The first-order valence-electron chi connectivity index (χ1n) is 8.95. The Kier molecular flexibility index (Phi) is 6.79. The Morgan fingerprint density at radius 1 is 1.25 bits per heavy atom. The van der Waals surface area contributed by atoms with Crippen molar-refractivity contribution in [2.75, 3.05) is 6.54 Å². The zero-order valence-corrected chi connectivity index (χ0v) is 14.9. The van der Waals surface area contributed by atoms with E-state index < -0.39 is 6.04 Å². The summed E-state index contributed by atoms with van der Waals surface area (Å²) >= 11 is 0. The van der Waals surface area contributed by atoms with Gasteiger partial charge in [-0.25, -0.2) is 0 Å². The standard InChI is InChI=1S/C19H29N3O2/c1-4-10-20-19(24)17(13(3)5-2)22-18(23)16-11-14-8-6-7-9-15(14)12-21-16/h6-9,13,16-17,21H,4-5,10-12H2,1-3H3,(H,20,24)(H,22,23). The fourth-order valence-corrected chi connectivity index (χ4v) is 2.95. The molecule has 0 saturated heterocycles. The predicted octanol–water partition coefficient (Wildman–Crippen LogP) is 1.76. The Labute approximate surface area is 144 Å². The molecule has 5 nitrogen and oxygen atoms in total. The van der Waals surface area contributed by atoms with Gasteiger partial charge in [-0.05, 0) is 29.9 Å². The number of rotatable bonds is 7. The monoisotopic (exact) mass is 331 g/mol. The van der Waals surface area contributed by atoms with Gasteiger partial charge in [-0.2, -0.15) is 0 Å². The summed E-state index contributed by atoms with van der Waals surface area (Å²) in [6.45, 7) is 7.37. The Morgan fingerprint density at radius 2 is 1.96 bits per heavy atom. The van der Waals surface area contributed by atoms with Gasteiger partial charge < -0.3 is 16.0 Å². The molecule has 0 aromatic heterocycles. The maximum absolute atomic E-state index is 12.7. The van der Waals surface area contributed by atoms with Crippen molar-refractivity contribution in [3.05, 3.63) is 35.4 Å². The first kappa shape index (κ1) is 18.5. The van der Waals surface area contributed by atoms with Gasteiger partial charge in [0.15, 0.2) is 0 Å². The molecule has 0 spiro atoms. The third-order valence-corrected chi connectivity index (χ3v) is 4.74. The Hall–Kier alpha value is -1.88. The topological polar surface area (TPSA) is 70.2 Å². The average molecular weight is 331 g/mol. The number of hydrogen-bond acceptors (Lipinski definition) is 3. The second-order valence-corrected chi connectivity index (χ2v) is 6.57. The molecule has 3 N–H and O–H groups in total. The average Bonchev–Trinajstić information content (AvgIpc) is 2.62. The smallest absolute Gasteiger partial charge is 0.242 e. The summed E-state index contributed by atoms with van der Waals surface area (Å²) in [4.78, 5) is 25.0. The SMILES string of the molecule is CCCNC(=O)C(NC(=O)C1Cc2ccccc2CN1)C(C)CC. The fourth-order valence-electron chi connectivity index (χ4n) is 2.95. The highest BCUT2D eigenvalue weighted by molar-refractivity contribution is 5.90. The highest BCUT2D eigenvalue weighted by Gasteiger charge is 2.30. The number of amides is 2. The van der Waals surface area contributed by atoms with Gasteiger partial charge in [0, 0.05) is 13.1 Å². The second kappa shape index (κ2) is 8.83. The van der Waals surface area contributed by atoms with Crippen LogP contribution in [0.15, 0.2) is 24.3 Å². The summed E-state index contributed by atoms with van der Waals surface area (Å²) in [7, 11) is 0. The highest BCUT2D eigenvalue weighted by atomic mass is 16.2. The van der Waals surface area contributed by atoms with Crippen LogP contribution in [-0.4, -0.2) is 30.4 Å². The summed E-state index contributed by atoms with van der Waals surface area (Å²) in [6.07, 6.45) is 2.38. The van der Waals surface area contributed by atoms with Gasteiger partial charge in [0.25, 0.3) is 0 Å². The van der Waals surface area contributed by atoms with Gasteiger partial charge in [0.1, 0.15) is 6.04 Å². The van der Waals surface area contributed by atoms with Gasteiger partial charge >= 0.3 is 0 Å². The number of benzene rings is 1. The molecule has 132 valence electrons. The van der Waals surface area contributed by atoms with Gasteiger partial charge in [0.05, 0.1) is 6.04 Å². The van der Waals surface area contributed by atoms with Crippen LogP contribution in [0.4, 0.5) is 0 Å². The van der Waals surface area contributed by atoms with Crippen molar-refractivity contribution >= 4 is 11.8 Å². The molecule has 0 saturated carbocycles. The molecule has 2 amide bonds. The third kappa shape index (κ3) is 4.57. The van der Waals surface area contributed by atoms with Crippen LogP contribution in [0.2, 0.25) is 0 Å². The summed E-state index contributed by atoms with van der Waals surface area (Å²) < 4.78 is 0. The molecule has 1 aliphatic heterocycles. The van der Waals surface area contributed by atoms with Crippen LogP contribution in [0, 0.1) is 5.92 Å². The lowest BCUT2D eigenvalue weighted by Gasteiger charge is -2.29. The van der Waals surface area contributed by atoms with Crippen molar-refractivity contribution in [2.45, 2.75) is 58.7 Å². The lowest BCUT2D eigenvalue weighted by Crippen LogP contribution is -2.56. The van der Waals surface area contributed by atoms with E-state index in [4.69, 9.17) is 0 Å². The molecule has 3 unspecified atom stereocenters. The fraction of sp³-hybridized carbons (Fsp3) is 0.579. The molecule has 0 bridgehead atoms. The van der Waals surface area contributed by atoms with E-state index >= 15 is 0 Å². The number of carbonyl (C=O) groups excluding carboxylic acids is 2. The van der Waals surface area contributed by atoms with Crippen molar-refractivity contribution in [1.82, 2.24) is 16.0 Å². The molecule has 0 radical (unpaired) electrons. The number of nitrogens with one attached hydrogen (secondary N) is 3. The van der Waals surface area contributed by atoms with Gasteiger partial charge in [-0.3, -0.25) is 9.59 Å². The van der Waals surface area contributed by atoms with E-state index in [1.165, 1.54) is 11.1 Å². The molecule has 1 aromatic rings. The summed E-state index contributed by atoms with van der Waals surface area (Å²) in [5, 5.41) is 9.14.